The van der Waals surface area contributed by atoms with Gasteiger partial charge in [0.2, 0.25) is 0 Å². The van der Waals surface area contributed by atoms with Crippen LogP contribution in [0.1, 0.15) is 124 Å². The molecule has 0 N–H and O–H groups in total. The van der Waals surface area contributed by atoms with E-state index in [0.29, 0.717) is 16.0 Å². The third-order valence-electron chi connectivity index (χ3n) is 7.88. The molecule has 222 valence electrons. The third-order valence-corrected chi connectivity index (χ3v) is 15.4. The first-order valence-electron chi connectivity index (χ1n) is 14.3. The summed E-state index contributed by atoms with van der Waals surface area (Å²) >= 11 is -0.106. The minimum Gasteiger partial charge on any atom is -0.214 e. The fourth-order valence-corrected chi connectivity index (χ4v) is 16.0. The Morgan fingerprint density at radius 3 is 1.58 bits per heavy atom. The molecule has 0 heterocycles. The molecule has 6 heteroatoms. The maximum absolute atomic E-state index is 4.81. The molecule has 38 heavy (non-hydrogen) atoms. The van der Waals surface area contributed by atoms with Crippen molar-refractivity contribution in [3.8, 4) is 0 Å². The molecule has 0 spiro atoms. The Morgan fingerprint density at radius 1 is 0.816 bits per heavy atom. The van der Waals surface area contributed by atoms with Crippen molar-refractivity contribution in [2.45, 2.75) is 140 Å². The van der Waals surface area contributed by atoms with Crippen LogP contribution in [0.15, 0.2) is 48.5 Å². The van der Waals surface area contributed by atoms with Crippen molar-refractivity contribution in [2.75, 3.05) is 0 Å². The number of hydrogen-bond acceptors (Lipinski definition) is 0. The molecule has 2 aliphatic rings. The first-order valence-corrected chi connectivity index (χ1v) is 21.2. The zero-order valence-electron chi connectivity index (χ0n) is 24.7. The van der Waals surface area contributed by atoms with Gasteiger partial charge in [0, 0.05) is 0 Å². The molecule has 0 saturated heterocycles. The van der Waals surface area contributed by atoms with E-state index in [1.807, 2.05) is 35.6 Å². The molecule has 0 bridgehead atoms. The summed E-state index contributed by atoms with van der Waals surface area (Å²) < 4.78 is 0. The van der Waals surface area contributed by atoms with Crippen LogP contribution in [0.3, 0.4) is 0 Å². The second kappa shape index (κ2) is 18.8. The zero-order chi connectivity index (χ0) is 27.5. The molecule has 0 nitrogen and oxygen atoms in total. The Bertz CT molecular complexity index is 779. The molecule has 0 aliphatic heterocycles. The van der Waals surface area contributed by atoms with Gasteiger partial charge in [0.05, 0.1) is 0 Å². The molecule has 0 amide bonds. The van der Waals surface area contributed by atoms with Gasteiger partial charge in [-0.1, -0.05) is 94.9 Å². The standard InChI is InChI=1S/C27H47P2.C5H5.2ClH.Fe.Pd/c1-21(29(26(2,3)4)27(5,6)7)24-19-14-20-25(24)28(22-15-10-8-11-16-22)23-17-12-9-13-18-23;1-2-4-5-3-1;;;;/h14,19-23H,8-13,15-18H2,1-7H3;1-5H;2*1H;;/q2*-1;;;2*+2/p-2/t21-;;;;;/m1...../s1. The van der Waals surface area contributed by atoms with E-state index in [9.17, 15) is 0 Å². The molecule has 0 radical (unpaired) electrons. The Balaban J connectivity index is 0.000000694. The molecule has 1 atom stereocenters. The predicted octanol–water partition coefficient (Wildman–Crippen LogP) is 12.1. The summed E-state index contributed by atoms with van der Waals surface area (Å²) in [5.41, 5.74) is 4.46. The molecular formula is C32H52Cl2FeP2Pd. The maximum atomic E-state index is 4.81. The number of halogens is 2. The Kier molecular flexibility index (Phi) is 18.5. The summed E-state index contributed by atoms with van der Waals surface area (Å²) in [4.78, 5) is 0. The second-order valence-electron chi connectivity index (χ2n) is 12.8. The monoisotopic (exact) mass is 730 g/mol. The van der Waals surface area contributed by atoms with Gasteiger partial charge in [-0.05, 0) is 53.0 Å². The Labute approximate surface area is 265 Å². The van der Waals surface area contributed by atoms with Crippen molar-refractivity contribution in [1.82, 2.24) is 0 Å². The zero-order valence-corrected chi connectivity index (χ0v) is 30.7. The minimum absolute atomic E-state index is 0. The van der Waals surface area contributed by atoms with Gasteiger partial charge in [-0.25, -0.2) is 24.3 Å². The maximum Gasteiger partial charge on any atom is 2.00 e. The van der Waals surface area contributed by atoms with E-state index < -0.39 is 0 Å². The van der Waals surface area contributed by atoms with E-state index >= 15 is 0 Å². The number of hydrogen-bond donors (Lipinski definition) is 0. The summed E-state index contributed by atoms with van der Waals surface area (Å²) in [6.07, 6.45) is 14.9. The van der Waals surface area contributed by atoms with Crippen molar-refractivity contribution >= 4 is 40.2 Å². The van der Waals surface area contributed by atoms with Crippen LogP contribution in [0, 0.1) is 0 Å². The largest absolute Gasteiger partial charge is 2.00 e. The van der Waals surface area contributed by atoms with Crippen molar-refractivity contribution in [3.05, 3.63) is 54.1 Å². The fraction of sp³-hybridized carbons (Fsp3) is 0.688. The topological polar surface area (TPSA) is 0 Å². The molecule has 2 fully saturated rings. The van der Waals surface area contributed by atoms with Crippen LogP contribution < -0.4 is 5.30 Å². The molecule has 0 unspecified atom stereocenters. The Morgan fingerprint density at radius 2 is 1.24 bits per heavy atom. The number of rotatable bonds is 5. The van der Waals surface area contributed by atoms with Crippen LogP contribution in [0.2, 0.25) is 0 Å². The van der Waals surface area contributed by atoms with Crippen LogP contribution in [0.25, 0.3) is 0 Å². The van der Waals surface area contributed by atoms with Crippen LogP contribution in [-0.4, -0.2) is 21.6 Å². The molecular weight excluding hydrogens is 679 g/mol. The Hall–Kier alpha value is 1.32. The second-order valence-corrected chi connectivity index (χ2v) is 22.1. The first-order chi connectivity index (χ1) is 17.5. The van der Waals surface area contributed by atoms with Gasteiger partial charge in [0.25, 0.3) is 0 Å². The van der Waals surface area contributed by atoms with Crippen molar-refractivity contribution in [3.63, 3.8) is 0 Å². The van der Waals surface area contributed by atoms with E-state index in [2.05, 4.69) is 66.7 Å². The van der Waals surface area contributed by atoms with E-state index in [1.54, 1.807) is 5.56 Å². The van der Waals surface area contributed by atoms with Gasteiger partial charge >= 0.3 is 52.1 Å². The summed E-state index contributed by atoms with van der Waals surface area (Å²) in [6, 6.07) is 17.5. The van der Waals surface area contributed by atoms with Gasteiger partial charge < -0.3 is 0 Å². The smallest absolute Gasteiger partial charge is 0.214 e. The van der Waals surface area contributed by atoms with E-state index in [1.165, 1.54) is 64.2 Å². The van der Waals surface area contributed by atoms with Crippen LogP contribution in [0.5, 0.6) is 0 Å². The van der Waals surface area contributed by atoms with Gasteiger partial charge in [0.15, 0.2) is 0 Å². The summed E-state index contributed by atoms with van der Waals surface area (Å²) in [5, 5.41) is 2.62. The van der Waals surface area contributed by atoms with Gasteiger partial charge in [-0.2, -0.15) is 24.3 Å². The SMILES string of the molecule is C[C@H]([c-]1cccc1P(C1CCCCC1)C1CCCCC1)P(C(C)(C)C)C(C)(C)C.[Cl][Pd][Cl].[Fe+2].c1cc[cH-]c1. The predicted molar refractivity (Wildman–Crippen MR) is 171 cm³/mol. The molecule has 0 aromatic heterocycles. The minimum atomic E-state index is -0.120. The van der Waals surface area contributed by atoms with Gasteiger partial charge in [-0.3, -0.25) is 0 Å². The molecule has 2 aromatic carbocycles. The van der Waals surface area contributed by atoms with Gasteiger partial charge in [-0.15, -0.1) is 18.8 Å². The van der Waals surface area contributed by atoms with Crippen LogP contribution in [-0.2, 0) is 33.0 Å². The summed E-state index contributed by atoms with van der Waals surface area (Å²) in [6.45, 7) is 17.5. The average Bonchev–Trinajstić information content (AvgIpc) is 3.55. The normalized spacial score (nSPS) is 18.3. The quantitative estimate of drug-likeness (QED) is 0.163. The van der Waals surface area contributed by atoms with Crippen molar-refractivity contribution < 1.29 is 33.0 Å². The molecule has 2 aromatic rings. The van der Waals surface area contributed by atoms with Gasteiger partial charge in [0.1, 0.15) is 0 Å². The summed E-state index contributed by atoms with van der Waals surface area (Å²) in [5.74, 6) is 0. The fourth-order valence-electron chi connectivity index (χ4n) is 7.05. The van der Waals surface area contributed by atoms with Crippen LogP contribution >= 0.6 is 34.9 Å². The van der Waals surface area contributed by atoms with E-state index in [4.69, 9.17) is 19.1 Å². The summed E-state index contributed by atoms with van der Waals surface area (Å²) in [7, 11) is 9.51. The molecule has 4 rings (SSSR count). The average molecular weight is 732 g/mol. The third kappa shape index (κ3) is 11.9. The molecule has 2 aliphatic carbocycles. The molecule has 2 saturated carbocycles. The van der Waals surface area contributed by atoms with E-state index in [0.717, 1.165) is 11.3 Å². The van der Waals surface area contributed by atoms with Crippen LogP contribution in [0.4, 0.5) is 0 Å². The van der Waals surface area contributed by atoms with Crippen molar-refractivity contribution in [1.29, 1.82) is 0 Å². The van der Waals surface area contributed by atoms with E-state index in [-0.39, 0.29) is 48.9 Å². The van der Waals surface area contributed by atoms with Crippen molar-refractivity contribution in [2.24, 2.45) is 0 Å². The first kappa shape index (κ1) is 37.3.